The van der Waals surface area contributed by atoms with E-state index in [4.69, 9.17) is 4.74 Å². The molecular weight excluding hydrogens is 396 g/mol. The highest BCUT2D eigenvalue weighted by Gasteiger charge is 2.10. The number of nitrogens with zero attached hydrogens (tertiary/aromatic N) is 1. The first kappa shape index (κ1) is 18.9. The lowest BCUT2D eigenvalue weighted by Gasteiger charge is -2.18. The molecule has 21 heavy (non-hydrogen) atoms. The maximum absolute atomic E-state index is 5.80. The van der Waals surface area contributed by atoms with Crippen molar-refractivity contribution in [3.63, 3.8) is 0 Å². The van der Waals surface area contributed by atoms with Crippen LogP contribution >= 0.6 is 31.9 Å². The van der Waals surface area contributed by atoms with Gasteiger partial charge in [0.15, 0.2) is 0 Å². The van der Waals surface area contributed by atoms with Crippen LogP contribution in [0.3, 0.4) is 0 Å². The van der Waals surface area contributed by atoms with Crippen LogP contribution in [0, 0.1) is 0 Å². The molecule has 1 aromatic carbocycles. The van der Waals surface area contributed by atoms with Crippen LogP contribution in [0.4, 0.5) is 0 Å². The predicted octanol–water partition coefficient (Wildman–Crippen LogP) is 4.43. The third-order valence-electron chi connectivity index (χ3n) is 3.24. The molecule has 0 amide bonds. The van der Waals surface area contributed by atoms with Gasteiger partial charge in [-0.05, 0) is 76.5 Å². The minimum atomic E-state index is 0.163. The van der Waals surface area contributed by atoms with Crippen LogP contribution in [-0.4, -0.2) is 37.2 Å². The minimum Gasteiger partial charge on any atom is -0.489 e. The van der Waals surface area contributed by atoms with Crippen molar-refractivity contribution in [2.24, 2.45) is 0 Å². The molecule has 120 valence electrons. The molecule has 0 bridgehead atoms. The van der Waals surface area contributed by atoms with Crippen molar-refractivity contribution in [3.05, 3.63) is 26.6 Å². The molecule has 0 radical (unpaired) electrons. The van der Waals surface area contributed by atoms with Gasteiger partial charge in [0, 0.05) is 19.6 Å². The molecule has 5 heteroatoms. The summed E-state index contributed by atoms with van der Waals surface area (Å²) in [4.78, 5) is 2.42. The van der Waals surface area contributed by atoms with Gasteiger partial charge < -0.3 is 15.0 Å². The zero-order chi connectivity index (χ0) is 15.8. The zero-order valence-corrected chi connectivity index (χ0v) is 16.6. The maximum Gasteiger partial charge on any atom is 0.148 e. The van der Waals surface area contributed by atoms with Crippen molar-refractivity contribution in [2.45, 2.75) is 40.3 Å². The van der Waals surface area contributed by atoms with E-state index in [9.17, 15) is 0 Å². The summed E-state index contributed by atoms with van der Waals surface area (Å²) in [6.45, 7) is 13.6. The number of benzene rings is 1. The van der Waals surface area contributed by atoms with Gasteiger partial charge in [-0.25, -0.2) is 0 Å². The Hall–Kier alpha value is -0.100. The molecule has 0 fully saturated rings. The first-order valence-electron chi connectivity index (χ1n) is 7.55. The summed E-state index contributed by atoms with van der Waals surface area (Å²) in [6, 6.07) is 4.24. The van der Waals surface area contributed by atoms with Crippen LogP contribution in [-0.2, 0) is 6.54 Å². The highest BCUT2D eigenvalue weighted by molar-refractivity contribution is 9.11. The predicted molar refractivity (Wildman–Crippen MR) is 97.1 cm³/mol. The molecule has 0 aliphatic rings. The quantitative estimate of drug-likeness (QED) is 0.596. The molecule has 0 saturated carbocycles. The fourth-order valence-corrected chi connectivity index (χ4v) is 3.54. The van der Waals surface area contributed by atoms with E-state index in [0.29, 0.717) is 0 Å². The van der Waals surface area contributed by atoms with Crippen molar-refractivity contribution in [2.75, 3.05) is 26.2 Å². The minimum absolute atomic E-state index is 0.163. The first-order valence-corrected chi connectivity index (χ1v) is 9.14. The number of hydrogen-bond acceptors (Lipinski definition) is 3. The molecule has 0 saturated heterocycles. The Morgan fingerprint density at radius 2 is 1.71 bits per heavy atom. The molecule has 0 spiro atoms. The highest BCUT2D eigenvalue weighted by atomic mass is 79.9. The zero-order valence-electron chi connectivity index (χ0n) is 13.4. The maximum atomic E-state index is 5.80. The van der Waals surface area contributed by atoms with Gasteiger partial charge in [-0.1, -0.05) is 13.8 Å². The molecule has 1 rings (SSSR count). The van der Waals surface area contributed by atoms with E-state index in [2.05, 4.69) is 68.1 Å². The third-order valence-corrected chi connectivity index (χ3v) is 4.42. The Morgan fingerprint density at radius 3 is 2.19 bits per heavy atom. The van der Waals surface area contributed by atoms with E-state index in [-0.39, 0.29) is 6.10 Å². The van der Waals surface area contributed by atoms with Gasteiger partial charge in [0.2, 0.25) is 0 Å². The van der Waals surface area contributed by atoms with Crippen LogP contribution < -0.4 is 10.1 Å². The van der Waals surface area contributed by atoms with Crippen molar-refractivity contribution >= 4 is 31.9 Å². The van der Waals surface area contributed by atoms with E-state index in [1.807, 2.05) is 13.8 Å². The van der Waals surface area contributed by atoms with Crippen LogP contribution in [0.1, 0.15) is 33.3 Å². The molecule has 0 aliphatic carbocycles. The number of hydrogen-bond donors (Lipinski definition) is 1. The Bertz CT molecular complexity index is 411. The number of nitrogens with one attached hydrogen (secondary N) is 1. The Labute approximate surface area is 145 Å². The van der Waals surface area contributed by atoms with Crippen molar-refractivity contribution in [1.29, 1.82) is 0 Å². The Balaban J connectivity index is 2.53. The molecule has 3 nitrogen and oxygen atoms in total. The fourth-order valence-electron chi connectivity index (χ4n) is 2.07. The lowest BCUT2D eigenvalue weighted by atomic mass is 10.2. The highest BCUT2D eigenvalue weighted by Crippen LogP contribution is 2.35. The SMILES string of the molecule is CCN(CC)CCNCc1cc(Br)c(OC(C)C)c(Br)c1. The number of likely N-dealkylation sites (N-methyl/N-ethyl adjacent to an activating group) is 1. The van der Waals surface area contributed by atoms with Gasteiger partial charge in [0.05, 0.1) is 15.0 Å². The summed E-state index contributed by atoms with van der Waals surface area (Å²) < 4.78 is 7.78. The molecule has 0 unspecified atom stereocenters. The second kappa shape index (κ2) is 9.82. The average molecular weight is 422 g/mol. The standard InChI is InChI=1S/C16H26Br2N2O/c1-5-20(6-2)8-7-19-11-13-9-14(17)16(15(18)10-13)21-12(3)4/h9-10,12,19H,5-8,11H2,1-4H3. The van der Waals surface area contributed by atoms with Gasteiger partial charge >= 0.3 is 0 Å². The van der Waals surface area contributed by atoms with Crippen molar-refractivity contribution in [1.82, 2.24) is 10.2 Å². The summed E-state index contributed by atoms with van der Waals surface area (Å²) in [6.07, 6.45) is 0.163. The second-order valence-corrected chi connectivity index (χ2v) is 6.97. The smallest absolute Gasteiger partial charge is 0.148 e. The van der Waals surface area contributed by atoms with Crippen LogP contribution in [0.5, 0.6) is 5.75 Å². The fraction of sp³-hybridized carbons (Fsp3) is 0.625. The van der Waals surface area contributed by atoms with Gasteiger partial charge in [0.25, 0.3) is 0 Å². The lowest BCUT2D eigenvalue weighted by molar-refractivity contribution is 0.239. The number of rotatable bonds is 9. The normalized spacial score (nSPS) is 11.4. The van der Waals surface area contributed by atoms with E-state index in [1.165, 1.54) is 5.56 Å². The van der Waals surface area contributed by atoms with Gasteiger partial charge in [-0.2, -0.15) is 0 Å². The molecule has 0 atom stereocenters. The van der Waals surface area contributed by atoms with E-state index >= 15 is 0 Å². The van der Waals surface area contributed by atoms with Crippen LogP contribution in [0.15, 0.2) is 21.1 Å². The first-order chi connectivity index (χ1) is 9.97. The van der Waals surface area contributed by atoms with E-state index in [1.54, 1.807) is 0 Å². The average Bonchev–Trinajstić information content (AvgIpc) is 2.43. The largest absolute Gasteiger partial charge is 0.489 e. The molecule has 1 N–H and O–H groups in total. The van der Waals surface area contributed by atoms with Gasteiger partial charge in [-0.15, -0.1) is 0 Å². The summed E-state index contributed by atoms with van der Waals surface area (Å²) in [5, 5.41) is 3.49. The summed E-state index contributed by atoms with van der Waals surface area (Å²) >= 11 is 7.18. The number of ether oxygens (including phenoxy) is 1. The summed E-state index contributed by atoms with van der Waals surface area (Å²) in [5.41, 5.74) is 1.24. The number of halogens is 2. The van der Waals surface area contributed by atoms with Gasteiger partial charge in [0.1, 0.15) is 5.75 Å². The molecular formula is C16H26Br2N2O. The Kier molecular flexibility index (Phi) is 8.86. The third kappa shape index (κ3) is 6.68. The molecule has 1 aromatic rings. The summed E-state index contributed by atoms with van der Waals surface area (Å²) in [7, 11) is 0. The van der Waals surface area contributed by atoms with E-state index in [0.717, 1.165) is 47.4 Å². The molecule has 0 aromatic heterocycles. The molecule has 0 heterocycles. The van der Waals surface area contributed by atoms with Crippen molar-refractivity contribution in [3.8, 4) is 5.75 Å². The van der Waals surface area contributed by atoms with Gasteiger partial charge in [-0.3, -0.25) is 0 Å². The van der Waals surface area contributed by atoms with Crippen LogP contribution in [0.25, 0.3) is 0 Å². The summed E-state index contributed by atoms with van der Waals surface area (Å²) in [5.74, 6) is 0.872. The topological polar surface area (TPSA) is 24.5 Å². The van der Waals surface area contributed by atoms with Crippen LogP contribution in [0.2, 0.25) is 0 Å². The second-order valence-electron chi connectivity index (χ2n) is 5.26. The van der Waals surface area contributed by atoms with Crippen molar-refractivity contribution < 1.29 is 4.74 Å². The molecule has 0 aliphatic heterocycles. The monoisotopic (exact) mass is 420 g/mol. The Morgan fingerprint density at radius 1 is 1.14 bits per heavy atom. The lowest BCUT2D eigenvalue weighted by Crippen LogP contribution is -2.31. The van der Waals surface area contributed by atoms with E-state index < -0.39 is 0 Å².